The van der Waals surface area contributed by atoms with E-state index in [1.165, 1.54) is 62.5 Å². The Morgan fingerprint density at radius 2 is 0.786 bits per heavy atom. The first kappa shape index (κ1) is 22.5. The van der Waals surface area contributed by atoms with E-state index in [1.54, 1.807) is 11.1 Å². The molecule has 0 aliphatic carbocycles. The van der Waals surface area contributed by atoms with Gasteiger partial charge < -0.3 is 0 Å². The van der Waals surface area contributed by atoms with E-state index in [9.17, 15) is 0 Å². The number of benzene rings is 2. The highest BCUT2D eigenvalue weighted by atomic mass is 14.3. The van der Waals surface area contributed by atoms with Crippen LogP contribution in [0.4, 0.5) is 0 Å². The average Bonchev–Trinajstić information content (AvgIpc) is 2.73. The van der Waals surface area contributed by atoms with Crippen LogP contribution >= 0.6 is 0 Å². The molecule has 0 saturated carbocycles. The zero-order valence-corrected chi connectivity index (χ0v) is 18.6. The van der Waals surface area contributed by atoms with Gasteiger partial charge in [0.2, 0.25) is 0 Å². The third kappa shape index (κ3) is 6.09. The van der Waals surface area contributed by atoms with Gasteiger partial charge in [-0.15, -0.1) is 0 Å². The smallest absolute Gasteiger partial charge is 0.0153 e. The molecular formula is C28H40. The highest BCUT2D eigenvalue weighted by Crippen LogP contribution is 2.43. The van der Waals surface area contributed by atoms with Gasteiger partial charge in [0.15, 0.2) is 0 Å². The van der Waals surface area contributed by atoms with Crippen molar-refractivity contribution in [2.24, 2.45) is 11.8 Å². The zero-order valence-electron chi connectivity index (χ0n) is 18.6. The zero-order chi connectivity index (χ0) is 20.2. The van der Waals surface area contributed by atoms with Crippen LogP contribution in [0.2, 0.25) is 0 Å². The molecule has 2 rings (SSSR count). The molecule has 0 saturated heterocycles. The highest BCUT2D eigenvalue weighted by Gasteiger charge is 2.25. The fourth-order valence-electron chi connectivity index (χ4n) is 4.72. The number of allylic oxidation sites excluding steroid dienone is 2. The lowest BCUT2D eigenvalue weighted by Gasteiger charge is -2.30. The standard InChI is InChI=1S/C28H40/c1-5-15-23(16-6-2)27(25-19-11-9-12-20-25)28(24(17-7-3)18-8-4)26-21-13-10-14-22-26/h9-14,19-24H,5-8,15-18H2,1-4H3/b28-27+. The monoisotopic (exact) mass is 376 g/mol. The van der Waals surface area contributed by atoms with Gasteiger partial charge in [-0.05, 0) is 59.8 Å². The normalized spacial score (nSPS) is 12.5. The lowest BCUT2D eigenvalue weighted by Crippen LogP contribution is -2.12. The van der Waals surface area contributed by atoms with Gasteiger partial charge in [0.05, 0.1) is 0 Å². The summed E-state index contributed by atoms with van der Waals surface area (Å²) in [6.45, 7) is 9.35. The molecule has 0 heterocycles. The first-order chi connectivity index (χ1) is 13.8. The number of hydrogen-bond donors (Lipinski definition) is 0. The van der Waals surface area contributed by atoms with Crippen molar-refractivity contribution in [3.63, 3.8) is 0 Å². The van der Waals surface area contributed by atoms with Gasteiger partial charge in [-0.2, -0.15) is 0 Å². The Morgan fingerprint density at radius 1 is 0.500 bits per heavy atom. The second-order valence-electron chi connectivity index (χ2n) is 8.11. The van der Waals surface area contributed by atoms with Gasteiger partial charge in [-0.3, -0.25) is 0 Å². The van der Waals surface area contributed by atoms with Crippen LogP contribution in [0.3, 0.4) is 0 Å². The van der Waals surface area contributed by atoms with E-state index >= 15 is 0 Å². The van der Waals surface area contributed by atoms with E-state index in [-0.39, 0.29) is 0 Å². The molecule has 0 aromatic heterocycles. The topological polar surface area (TPSA) is 0 Å². The minimum Gasteiger partial charge on any atom is -0.0654 e. The second kappa shape index (κ2) is 12.6. The molecule has 0 spiro atoms. The van der Waals surface area contributed by atoms with E-state index in [2.05, 4.69) is 88.4 Å². The predicted molar refractivity (Wildman–Crippen MR) is 126 cm³/mol. The summed E-state index contributed by atoms with van der Waals surface area (Å²) in [6, 6.07) is 22.5. The second-order valence-corrected chi connectivity index (χ2v) is 8.11. The molecule has 0 amide bonds. The maximum atomic E-state index is 2.34. The van der Waals surface area contributed by atoms with E-state index < -0.39 is 0 Å². The first-order valence-corrected chi connectivity index (χ1v) is 11.6. The van der Waals surface area contributed by atoms with Crippen LogP contribution in [-0.2, 0) is 0 Å². The lowest BCUT2D eigenvalue weighted by atomic mass is 9.75. The molecule has 0 nitrogen and oxygen atoms in total. The van der Waals surface area contributed by atoms with Crippen molar-refractivity contribution in [3.05, 3.63) is 71.8 Å². The maximum Gasteiger partial charge on any atom is -0.0153 e. The van der Waals surface area contributed by atoms with Crippen LogP contribution in [0.5, 0.6) is 0 Å². The fraction of sp³-hybridized carbons (Fsp3) is 0.500. The summed E-state index contributed by atoms with van der Waals surface area (Å²) in [5, 5.41) is 0. The van der Waals surface area contributed by atoms with Crippen LogP contribution in [0.25, 0.3) is 11.1 Å². The van der Waals surface area contributed by atoms with Crippen LogP contribution in [0.15, 0.2) is 60.7 Å². The fourth-order valence-corrected chi connectivity index (χ4v) is 4.72. The summed E-state index contributed by atoms with van der Waals surface area (Å²) in [6.07, 6.45) is 10.1. The van der Waals surface area contributed by atoms with Crippen LogP contribution in [0.1, 0.15) is 90.2 Å². The van der Waals surface area contributed by atoms with Gasteiger partial charge in [0, 0.05) is 0 Å². The predicted octanol–water partition coefficient (Wildman–Crippen LogP) is 9.03. The van der Waals surface area contributed by atoms with Gasteiger partial charge in [-0.1, -0.05) is 114 Å². The summed E-state index contributed by atoms with van der Waals surface area (Å²) >= 11 is 0. The molecule has 0 N–H and O–H groups in total. The quantitative estimate of drug-likeness (QED) is 0.324. The van der Waals surface area contributed by atoms with Crippen molar-refractivity contribution in [1.82, 2.24) is 0 Å². The maximum absolute atomic E-state index is 2.34. The molecule has 0 unspecified atom stereocenters. The Morgan fingerprint density at radius 3 is 1.04 bits per heavy atom. The van der Waals surface area contributed by atoms with Crippen molar-refractivity contribution in [2.75, 3.05) is 0 Å². The molecule has 2 aromatic carbocycles. The van der Waals surface area contributed by atoms with Gasteiger partial charge in [-0.25, -0.2) is 0 Å². The Kier molecular flexibility index (Phi) is 10.1. The highest BCUT2D eigenvalue weighted by molar-refractivity contribution is 5.92. The molecule has 0 radical (unpaired) electrons. The lowest BCUT2D eigenvalue weighted by molar-refractivity contribution is 0.524. The molecule has 0 fully saturated rings. The first-order valence-electron chi connectivity index (χ1n) is 11.6. The molecule has 0 aliphatic rings. The average molecular weight is 377 g/mol. The van der Waals surface area contributed by atoms with E-state index in [0.29, 0.717) is 11.8 Å². The van der Waals surface area contributed by atoms with Crippen molar-refractivity contribution in [3.8, 4) is 0 Å². The SMILES string of the molecule is CCCC(CCC)/C(=C(\c1ccccc1)C(CCC)CCC)c1ccccc1. The van der Waals surface area contributed by atoms with Crippen molar-refractivity contribution < 1.29 is 0 Å². The Balaban J connectivity index is 2.77. The molecule has 152 valence electrons. The third-order valence-corrected chi connectivity index (χ3v) is 5.82. The largest absolute Gasteiger partial charge is 0.0654 e. The molecule has 0 heteroatoms. The minimum atomic E-state index is 0.642. The van der Waals surface area contributed by atoms with Crippen LogP contribution < -0.4 is 0 Å². The van der Waals surface area contributed by atoms with Crippen molar-refractivity contribution in [2.45, 2.75) is 79.1 Å². The molecular weight excluding hydrogens is 336 g/mol. The summed E-state index contributed by atoms with van der Waals surface area (Å²) in [5.41, 5.74) is 6.13. The van der Waals surface area contributed by atoms with Crippen LogP contribution in [-0.4, -0.2) is 0 Å². The van der Waals surface area contributed by atoms with E-state index in [4.69, 9.17) is 0 Å². The summed E-state index contributed by atoms with van der Waals surface area (Å²) in [4.78, 5) is 0. The molecule has 28 heavy (non-hydrogen) atoms. The van der Waals surface area contributed by atoms with E-state index in [1.807, 2.05) is 0 Å². The van der Waals surface area contributed by atoms with Crippen LogP contribution in [0, 0.1) is 11.8 Å². The molecule has 2 aromatic rings. The van der Waals surface area contributed by atoms with Gasteiger partial charge >= 0.3 is 0 Å². The van der Waals surface area contributed by atoms with Gasteiger partial charge in [0.1, 0.15) is 0 Å². The van der Waals surface area contributed by atoms with Gasteiger partial charge in [0.25, 0.3) is 0 Å². The molecule has 0 atom stereocenters. The Hall–Kier alpha value is -1.82. The number of rotatable bonds is 12. The molecule has 0 bridgehead atoms. The van der Waals surface area contributed by atoms with Crippen molar-refractivity contribution >= 4 is 11.1 Å². The summed E-state index contributed by atoms with van der Waals surface area (Å²) in [5.74, 6) is 1.28. The van der Waals surface area contributed by atoms with E-state index in [0.717, 1.165) is 0 Å². The number of hydrogen-bond acceptors (Lipinski definition) is 0. The minimum absolute atomic E-state index is 0.642. The third-order valence-electron chi connectivity index (χ3n) is 5.82. The Labute approximate surface area is 174 Å². The molecule has 0 aliphatic heterocycles. The summed E-state index contributed by atoms with van der Waals surface area (Å²) < 4.78 is 0. The van der Waals surface area contributed by atoms with Crippen molar-refractivity contribution in [1.29, 1.82) is 0 Å². The Bertz CT molecular complexity index is 607. The summed E-state index contributed by atoms with van der Waals surface area (Å²) in [7, 11) is 0.